The summed E-state index contributed by atoms with van der Waals surface area (Å²) in [5.74, 6) is 0. The molecule has 0 amide bonds. The Morgan fingerprint density at radius 3 is 2.80 bits per heavy atom. The van der Waals surface area contributed by atoms with E-state index in [0.29, 0.717) is 24.3 Å². The molecular weight excluding hydrogens is 280 g/mol. The highest BCUT2D eigenvalue weighted by atomic mass is 35.5. The second-order valence-electron chi connectivity index (χ2n) is 4.99. The van der Waals surface area contributed by atoms with E-state index in [1.807, 2.05) is 0 Å². The molecule has 0 unspecified atom stereocenters. The molecule has 110 valence electrons. The Balaban J connectivity index is 1.69. The van der Waals surface area contributed by atoms with Gasteiger partial charge in [0.1, 0.15) is 0 Å². The lowest BCUT2D eigenvalue weighted by Crippen LogP contribution is -2.22. The highest BCUT2D eigenvalue weighted by molar-refractivity contribution is 6.31. The summed E-state index contributed by atoms with van der Waals surface area (Å²) < 4.78 is 5.74. The Labute approximate surface area is 123 Å². The van der Waals surface area contributed by atoms with Crippen LogP contribution in [0.1, 0.15) is 31.2 Å². The van der Waals surface area contributed by atoms with Gasteiger partial charge in [-0.05, 0) is 24.5 Å². The first-order chi connectivity index (χ1) is 9.66. The second-order valence-corrected chi connectivity index (χ2v) is 5.39. The van der Waals surface area contributed by atoms with Gasteiger partial charge in [0, 0.05) is 25.2 Å². The summed E-state index contributed by atoms with van der Waals surface area (Å²) in [5, 5.41) is 14.3. The highest BCUT2D eigenvalue weighted by Crippen LogP contribution is 2.22. The van der Waals surface area contributed by atoms with Crippen molar-refractivity contribution in [1.82, 2.24) is 5.32 Å². The van der Waals surface area contributed by atoms with Crippen LogP contribution in [0.5, 0.6) is 0 Å². The van der Waals surface area contributed by atoms with E-state index in [4.69, 9.17) is 16.3 Å². The summed E-state index contributed by atoms with van der Waals surface area (Å²) in [4.78, 5) is 10.2. The average molecular weight is 299 g/mol. The molecule has 0 aliphatic heterocycles. The van der Waals surface area contributed by atoms with E-state index in [-0.39, 0.29) is 5.69 Å². The fourth-order valence-corrected chi connectivity index (χ4v) is 2.61. The molecule has 1 aromatic carbocycles. The number of hydrogen-bond acceptors (Lipinski definition) is 4. The van der Waals surface area contributed by atoms with E-state index in [2.05, 4.69) is 5.32 Å². The van der Waals surface area contributed by atoms with Gasteiger partial charge in [0.2, 0.25) is 0 Å². The molecule has 1 aromatic rings. The summed E-state index contributed by atoms with van der Waals surface area (Å²) in [7, 11) is 0. The third-order valence-electron chi connectivity index (χ3n) is 3.50. The summed E-state index contributed by atoms with van der Waals surface area (Å²) in [6, 6.07) is 4.54. The van der Waals surface area contributed by atoms with Crippen LogP contribution in [0.4, 0.5) is 5.69 Å². The number of nitrogens with one attached hydrogen (secondary N) is 1. The normalized spacial score (nSPS) is 15.7. The number of nitro groups is 1. The van der Waals surface area contributed by atoms with Crippen LogP contribution in [0.3, 0.4) is 0 Å². The van der Waals surface area contributed by atoms with Gasteiger partial charge < -0.3 is 10.1 Å². The van der Waals surface area contributed by atoms with Crippen LogP contribution >= 0.6 is 11.6 Å². The van der Waals surface area contributed by atoms with Crippen LogP contribution in [0.15, 0.2) is 18.2 Å². The zero-order valence-electron chi connectivity index (χ0n) is 11.3. The van der Waals surface area contributed by atoms with Crippen molar-refractivity contribution in [1.29, 1.82) is 0 Å². The number of hydrogen-bond donors (Lipinski definition) is 1. The third kappa shape index (κ3) is 4.44. The summed E-state index contributed by atoms with van der Waals surface area (Å²) in [6.45, 7) is 2.03. The Hall–Kier alpha value is -1.17. The maximum atomic E-state index is 10.6. The SMILES string of the molecule is O=[N+]([O-])c1ccc(CNCCOC2CCCC2)c(Cl)c1. The number of benzene rings is 1. The number of halogens is 1. The van der Waals surface area contributed by atoms with Crippen LogP contribution in [-0.4, -0.2) is 24.2 Å². The van der Waals surface area contributed by atoms with Crippen molar-refractivity contribution in [2.24, 2.45) is 0 Å². The van der Waals surface area contributed by atoms with Gasteiger partial charge in [0.05, 0.1) is 22.7 Å². The van der Waals surface area contributed by atoms with Crippen LogP contribution in [0.25, 0.3) is 0 Å². The first kappa shape index (κ1) is 15.2. The van der Waals surface area contributed by atoms with Gasteiger partial charge in [-0.1, -0.05) is 24.4 Å². The molecule has 1 saturated carbocycles. The minimum absolute atomic E-state index is 0.0170. The molecule has 0 atom stereocenters. The zero-order chi connectivity index (χ0) is 14.4. The maximum Gasteiger partial charge on any atom is 0.270 e. The molecular formula is C14H19ClN2O3. The summed E-state index contributed by atoms with van der Waals surface area (Å²) in [6.07, 6.45) is 5.33. The lowest BCUT2D eigenvalue weighted by atomic mass is 10.2. The molecule has 20 heavy (non-hydrogen) atoms. The van der Waals surface area contributed by atoms with E-state index >= 15 is 0 Å². The highest BCUT2D eigenvalue weighted by Gasteiger charge is 2.14. The number of nitrogens with zero attached hydrogens (tertiary/aromatic N) is 1. The Morgan fingerprint density at radius 1 is 1.40 bits per heavy atom. The first-order valence-electron chi connectivity index (χ1n) is 6.92. The standard InChI is InChI=1S/C14H19ClN2O3/c15-14-9-12(17(18)19)6-5-11(14)10-16-7-8-20-13-3-1-2-4-13/h5-6,9,13,16H,1-4,7-8,10H2. The van der Waals surface area contributed by atoms with Gasteiger partial charge >= 0.3 is 0 Å². The van der Waals surface area contributed by atoms with E-state index in [0.717, 1.165) is 12.1 Å². The predicted molar refractivity (Wildman–Crippen MR) is 78.0 cm³/mol. The molecule has 1 aliphatic carbocycles. The minimum Gasteiger partial charge on any atom is -0.377 e. The molecule has 0 heterocycles. The molecule has 1 N–H and O–H groups in total. The molecule has 0 aromatic heterocycles. The average Bonchev–Trinajstić information content (AvgIpc) is 2.93. The van der Waals surface area contributed by atoms with E-state index in [1.54, 1.807) is 6.07 Å². The molecule has 0 saturated heterocycles. The number of ether oxygens (including phenoxy) is 1. The Bertz CT molecular complexity index is 462. The van der Waals surface area contributed by atoms with Crippen LogP contribution in [-0.2, 0) is 11.3 Å². The fraction of sp³-hybridized carbons (Fsp3) is 0.571. The molecule has 1 fully saturated rings. The lowest BCUT2D eigenvalue weighted by Gasteiger charge is -2.11. The van der Waals surface area contributed by atoms with Gasteiger partial charge in [-0.2, -0.15) is 0 Å². The third-order valence-corrected chi connectivity index (χ3v) is 3.85. The van der Waals surface area contributed by atoms with Gasteiger partial charge in [0.15, 0.2) is 0 Å². The van der Waals surface area contributed by atoms with Crippen molar-refractivity contribution in [2.75, 3.05) is 13.2 Å². The number of non-ortho nitro benzene ring substituents is 1. The molecule has 5 nitrogen and oxygen atoms in total. The first-order valence-corrected chi connectivity index (χ1v) is 7.30. The van der Waals surface area contributed by atoms with E-state index in [1.165, 1.54) is 37.8 Å². The van der Waals surface area contributed by atoms with Crippen LogP contribution in [0.2, 0.25) is 5.02 Å². The van der Waals surface area contributed by atoms with Crippen molar-refractivity contribution >= 4 is 17.3 Å². The fourth-order valence-electron chi connectivity index (χ4n) is 2.37. The van der Waals surface area contributed by atoms with E-state index in [9.17, 15) is 10.1 Å². The largest absolute Gasteiger partial charge is 0.377 e. The Morgan fingerprint density at radius 2 is 2.15 bits per heavy atom. The van der Waals surface area contributed by atoms with Crippen molar-refractivity contribution in [3.05, 3.63) is 38.9 Å². The van der Waals surface area contributed by atoms with Gasteiger partial charge in [-0.15, -0.1) is 0 Å². The molecule has 0 spiro atoms. The van der Waals surface area contributed by atoms with E-state index < -0.39 is 4.92 Å². The van der Waals surface area contributed by atoms with Gasteiger partial charge in [0.25, 0.3) is 5.69 Å². The molecule has 2 rings (SSSR count). The number of nitro benzene ring substituents is 1. The van der Waals surface area contributed by atoms with Crippen LogP contribution < -0.4 is 5.32 Å². The van der Waals surface area contributed by atoms with Gasteiger partial charge in [-0.25, -0.2) is 0 Å². The molecule has 6 heteroatoms. The maximum absolute atomic E-state index is 10.6. The number of rotatable bonds is 7. The zero-order valence-corrected chi connectivity index (χ0v) is 12.1. The minimum atomic E-state index is -0.446. The van der Waals surface area contributed by atoms with Crippen molar-refractivity contribution in [2.45, 2.75) is 38.3 Å². The van der Waals surface area contributed by atoms with Crippen molar-refractivity contribution in [3.63, 3.8) is 0 Å². The van der Waals surface area contributed by atoms with Crippen molar-refractivity contribution < 1.29 is 9.66 Å². The topological polar surface area (TPSA) is 64.4 Å². The lowest BCUT2D eigenvalue weighted by molar-refractivity contribution is -0.384. The molecule has 0 bridgehead atoms. The predicted octanol–water partition coefficient (Wildman–Crippen LogP) is 3.30. The summed E-state index contributed by atoms with van der Waals surface area (Å²) in [5.41, 5.74) is 0.876. The van der Waals surface area contributed by atoms with Crippen molar-refractivity contribution in [3.8, 4) is 0 Å². The monoisotopic (exact) mass is 298 g/mol. The second kappa shape index (κ2) is 7.57. The smallest absolute Gasteiger partial charge is 0.270 e. The molecule has 0 radical (unpaired) electrons. The van der Waals surface area contributed by atoms with Gasteiger partial charge in [-0.3, -0.25) is 10.1 Å². The quantitative estimate of drug-likeness (QED) is 0.476. The Kier molecular flexibility index (Phi) is 5.76. The summed E-state index contributed by atoms with van der Waals surface area (Å²) >= 11 is 6.01. The molecule has 1 aliphatic rings. The van der Waals surface area contributed by atoms with Crippen LogP contribution in [0, 0.1) is 10.1 Å².